The molecule has 18 heavy (non-hydrogen) atoms. The Bertz CT molecular complexity index is 288. The van der Waals surface area contributed by atoms with E-state index in [0.717, 1.165) is 19.3 Å². The minimum absolute atomic E-state index is 0.205. The summed E-state index contributed by atoms with van der Waals surface area (Å²) in [5.74, 6) is 0. The molecule has 6 heteroatoms. The zero-order chi connectivity index (χ0) is 13.5. The zero-order valence-corrected chi connectivity index (χ0v) is 11.0. The second-order valence-corrected chi connectivity index (χ2v) is 4.52. The molecule has 0 N–H and O–H groups in total. The van der Waals surface area contributed by atoms with Gasteiger partial charge in [0.1, 0.15) is 12.2 Å². The number of hydrogen-bond donors (Lipinski definition) is 0. The van der Waals surface area contributed by atoms with Gasteiger partial charge in [-0.2, -0.15) is 0 Å². The Morgan fingerprint density at radius 3 is 2.11 bits per heavy atom. The third-order valence-electron chi connectivity index (χ3n) is 2.60. The number of methoxy groups -OCH3 is 1. The summed E-state index contributed by atoms with van der Waals surface area (Å²) in [5, 5.41) is 0. The van der Waals surface area contributed by atoms with Gasteiger partial charge in [-0.05, 0) is 33.1 Å². The lowest BCUT2D eigenvalue weighted by molar-refractivity contribution is -0.0369. The van der Waals surface area contributed by atoms with Gasteiger partial charge in [-0.3, -0.25) is 0 Å². The van der Waals surface area contributed by atoms with E-state index >= 15 is 0 Å². The van der Waals surface area contributed by atoms with Crippen LogP contribution in [0.2, 0.25) is 0 Å². The van der Waals surface area contributed by atoms with Gasteiger partial charge in [0.25, 0.3) is 0 Å². The zero-order valence-electron chi connectivity index (χ0n) is 11.0. The summed E-state index contributed by atoms with van der Waals surface area (Å²) in [6.07, 6.45) is 0.733. The molecule has 1 aliphatic rings. The quantitative estimate of drug-likeness (QED) is 0.726. The highest BCUT2D eigenvalue weighted by atomic mass is 16.7. The molecule has 0 amide bonds. The molecule has 1 rings (SSSR count). The van der Waals surface area contributed by atoms with E-state index in [-0.39, 0.29) is 18.3 Å². The Morgan fingerprint density at radius 1 is 1.06 bits per heavy atom. The Balaban J connectivity index is 2.34. The standard InChI is InChI=1S/C12H20O6/c1-8(2)16-12(14)18-10-6-4-5-9(7-10)17-11(13)15-3/h8-10H,4-7H2,1-3H3. The van der Waals surface area contributed by atoms with Crippen molar-refractivity contribution in [2.75, 3.05) is 7.11 Å². The molecule has 0 spiro atoms. The highest BCUT2D eigenvalue weighted by molar-refractivity contribution is 5.60. The summed E-state index contributed by atoms with van der Waals surface area (Å²) >= 11 is 0. The molecule has 2 atom stereocenters. The third-order valence-corrected chi connectivity index (χ3v) is 2.60. The van der Waals surface area contributed by atoms with E-state index < -0.39 is 12.3 Å². The van der Waals surface area contributed by atoms with Crippen molar-refractivity contribution in [1.82, 2.24) is 0 Å². The lowest BCUT2D eigenvalue weighted by Gasteiger charge is -2.28. The van der Waals surface area contributed by atoms with E-state index in [1.807, 2.05) is 0 Å². The first-order valence-electron chi connectivity index (χ1n) is 6.13. The van der Waals surface area contributed by atoms with Crippen LogP contribution in [-0.2, 0) is 18.9 Å². The van der Waals surface area contributed by atoms with Crippen molar-refractivity contribution < 1.29 is 28.5 Å². The van der Waals surface area contributed by atoms with Gasteiger partial charge in [0.2, 0.25) is 0 Å². The molecule has 6 nitrogen and oxygen atoms in total. The molecule has 0 saturated heterocycles. The summed E-state index contributed by atoms with van der Waals surface area (Å²) in [6, 6.07) is 0. The second-order valence-electron chi connectivity index (χ2n) is 4.52. The van der Waals surface area contributed by atoms with E-state index in [1.54, 1.807) is 13.8 Å². The van der Waals surface area contributed by atoms with E-state index in [0.29, 0.717) is 6.42 Å². The molecule has 2 unspecified atom stereocenters. The fourth-order valence-electron chi connectivity index (χ4n) is 1.86. The smallest absolute Gasteiger partial charge is 0.438 e. The molecule has 0 aromatic carbocycles. The molecular formula is C12H20O6. The molecule has 1 fully saturated rings. The highest BCUT2D eigenvalue weighted by Gasteiger charge is 2.28. The molecular weight excluding hydrogens is 240 g/mol. The van der Waals surface area contributed by atoms with Crippen LogP contribution in [0.4, 0.5) is 9.59 Å². The Hall–Kier alpha value is -1.46. The number of hydrogen-bond acceptors (Lipinski definition) is 6. The fourth-order valence-corrected chi connectivity index (χ4v) is 1.86. The van der Waals surface area contributed by atoms with Gasteiger partial charge < -0.3 is 18.9 Å². The van der Waals surface area contributed by atoms with Gasteiger partial charge in [0.15, 0.2) is 0 Å². The molecule has 0 aliphatic heterocycles. The highest BCUT2D eigenvalue weighted by Crippen LogP contribution is 2.24. The SMILES string of the molecule is COC(=O)OC1CCCC(OC(=O)OC(C)C)C1. The topological polar surface area (TPSA) is 71.1 Å². The average Bonchev–Trinajstić information content (AvgIpc) is 2.28. The van der Waals surface area contributed by atoms with Crippen molar-refractivity contribution >= 4 is 12.3 Å². The summed E-state index contributed by atoms with van der Waals surface area (Å²) < 4.78 is 19.5. The van der Waals surface area contributed by atoms with E-state index in [1.165, 1.54) is 7.11 Å². The monoisotopic (exact) mass is 260 g/mol. The summed E-state index contributed by atoms with van der Waals surface area (Å²) in [7, 11) is 1.26. The minimum Gasteiger partial charge on any atom is -0.438 e. The Morgan fingerprint density at radius 2 is 1.61 bits per heavy atom. The summed E-state index contributed by atoms with van der Waals surface area (Å²) in [6.45, 7) is 3.51. The van der Waals surface area contributed by atoms with Gasteiger partial charge in [-0.25, -0.2) is 9.59 Å². The number of carbonyl (C=O) groups excluding carboxylic acids is 2. The predicted octanol–water partition coefficient (Wildman–Crippen LogP) is 2.64. The van der Waals surface area contributed by atoms with Crippen LogP contribution in [0.1, 0.15) is 39.5 Å². The van der Waals surface area contributed by atoms with E-state index in [9.17, 15) is 9.59 Å². The number of rotatable bonds is 3. The maximum absolute atomic E-state index is 11.3. The molecule has 1 saturated carbocycles. The van der Waals surface area contributed by atoms with Gasteiger partial charge in [-0.1, -0.05) is 0 Å². The Kier molecular flexibility index (Phi) is 5.74. The maximum atomic E-state index is 11.3. The van der Waals surface area contributed by atoms with Crippen LogP contribution in [0, 0.1) is 0 Å². The van der Waals surface area contributed by atoms with Gasteiger partial charge >= 0.3 is 12.3 Å². The lowest BCUT2D eigenvalue weighted by atomic mass is 9.95. The fraction of sp³-hybridized carbons (Fsp3) is 0.833. The van der Waals surface area contributed by atoms with Crippen molar-refractivity contribution in [2.24, 2.45) is 0 Å². The van der Waals surface area contributed by atoms with Crippen LogP contribution in [0.3, 0.4) is 0 Å². The van der Waals surface area contributed by atoms with Gasteiger partial charge in [0.05, 0.1) is 13.2 Å². The second kappa shape index (κ2) is 7.08. The van der Waals surface area contributed by atoms with Crippen molar-refractivity contribution in [2.45, 2.75) is 57.8 Å². The largest absolute Gasteiger partial charge is 0.508 e. The lowest BCUT2D eigenvalue weighted by Crippen LogP contribution is -2.32. The minimum atomic E-state index is -0.703. The van der Waals surface area contributed by atoms with Crippen molar-refractivity contribution in [3.8, 4) is 0 Å². The van der Waals surface area contributed by atoms with Crippen molar-refractivity contribution in [3.63, 3.8) is 0 Å². The number of carbonyl (C=O) groups is 2. The van der Waals surface area contributed by atoms with Gasteiger partial charge in [-0.15, -0.1) is 0 Å². The first-order valence-corrected chi connectivity index (χ1v) is 6.13. The molecule has 0 bridgehead atoms. The number of ether oxygens (including phenoxy) is 4. The summed E-state index contributed by atoms with van der Waals surface area (Å²) in [5.41, 5.74) is 0. The summed E-state index contributed by atoms with van der Waals surface area (Å²) in [4.78, 5) is 22.3. The molecule has 0 aromatic heterocycles. The molecule has 0 radical (unpaired) electrons. The maximum Gasteiger partial charge on any atom is 0.508 e. The first-order chi connectivity index (χ1) is 8.51. The van der Waals surface area contributed by atoms with Crippen LogP contribution < -0.4 is 0 Å². The normalized spacial score (nSPS) is 23.3. The van der Waals surface area contributed by atoms with E-state index in [4.69, 9.17) is 14.2 Å². The average molecular weight is 260 g/mol. The molecule has 104 valence electrons. The van der Waals surface area contributed by atoms with E-state index in [2.05, 4.69) is 4.74 Å². The van der Waals surface area contributed by atoms with Crippen LogP contribution in [-0.4, -0.2) is 37.7 Å². The van der Waals surface area contributed by atoms with Crippen LogP contribution >= 0.6 is 0 Å². The predicted molar refractivity (Wildman–Crippen MR) is 62.2 cm³/mol. The van der Waals surface area contributed by atoms with Crippen molar-refractivity contribution in [3.05, 3.63) is 0 Å². The van der Waals surface area contributed by atoms with Crippen LogP contribution in [0.15, 0.2) is 0 Å². The Labute approximate surface area is 107 Å². The van der Waals surface area contributed by atoms with Crippen LogP contribution in [0.25, 0.3) is 0 Å². The van der Waals surface area contributed by atoms with Crippen LogP contribution in [0.5, 0.6) is 0 Å². The first kappa shape index (κ1) is 14.6. The molecule has 0 aromatic rings. The van der Waals surface area contributed by atoms with Gasteiger partial charge in [0, 0.05) is 6.42 Å². The van der Waals surface area contributed by atoms with Crippen molar-refractivity contribution in [1.29, 1.82) is 0 Å². The molecule has 1 aliphatic carbocycles. The molecule has 0 heterocycles. The third kappa shape index (κ3) is 5.25.